The van der Waals surface area contributed by atoms with Crippen molar-refractivity contribution in [3.63, 3.8) is 0 Å². The summed E-state index contributed by atoms with van der Waals surface area (Å²) in [5.41, 5.74) is 2.64. The van der Waals surface area contributed by atoms with Crippen LogP contribution in [0.15, 0.2) is 36.5 Å². The van der Waals surface area contributed by atoms with Gasteiger partial charge in [-0.25, -0.2) is 4.98 Å². The first-order chi connectivity index (χ1) is 14.0. The molecule has 2 aromatic rings. The first-order valence-corrected chi connectivity index (χ1v) is 10.3. The molecule has 0 saturated carbocycles. The number of likely N-dealkylation sites (tertiary alicyclic amines) is 2. The predicted molar refractivity (Wildman–Crippen MR) is 107 cm³/mol. The van der Waals surface area contributed by atoms with E-state index in [1.54, 1.807) is 18.2 Å². The van der Waals surface area contributed by atoms with Crippen molar-refractivity contribution in [3.8, 4) is 0 Å². The van der Waals surface area contributed by atoms with E-state index in [2.05, 4.69) is 4.98 Å². The zero-order valence-corrected chi connectivity index (χ0v) is 16.6. The van der Waals surface area contributed by atoms with Gasteiger partial charge in [-0.15, -0.1) is 0 Å². The summed E-state index contributed by atoms with van der Waals surface area (Å²) in [5.74, 6) is 0.320. The van der Waals surface area contributed by atoms with Crippen molar-refractivity contribution in [2.24, 2.45) is 5.92 Å². The monoisotopic (exact) mass is 409 g/mol. The SMILES string of the molecule is O=C1CCc2c1cccc2C(=O)N1CC[C@H]2[C@@H](C1)CN2C(=O)c1ccc(Cl)cn1. The van der Waals surface area contributed by atoms with Crippen LogP contribution < -0.4 is 0 Å². The average molecular weight is 410 g/mol. The Morgan fingerprint density at radius 3 is 2.69 bits per heavy atom. The highest BCUT2D eigenvalue weighted by Gasteiger charge is 2.46. The molecule has 3 aliphatic rings. The number of ketones is 1. The van der Waals surface area contributed by atoms with Crippen LogP contribution in [0.5, 0.6) is 0 Å². The first-order valence-electron chi connectivity index (χ1n) is 9.90. The molecule has 2 atom stereocenters. The van der Waals surface area contributed by atoms with Gasteiger partial charge in [-0.3, -0.25) is 14.4 Å². The molecule has 3 heterocycles. The molecule has 1 aliphatic carbocycles. The molecule has 2 amide bonds. The Labute approximate surface area is 173 Å². The Morgan fingerprint density at radius 1 is 1.07 bits per heavy atom. The fourth-order valence-electron chi connectivity index (χ4n) is 4.79. The molecule has 2 aliphatic heterocycles. The van der Waals surface area contributed by atoms with Crippen LogP contribution >= 0.6 is 11.6 Å². The third kappa shape index (κ3) is 3.02. The molecule has 5 rings (SSSR count). The van der Waals surface area contributed by atoms with Crippen LogP contribution in [-0.2, 0) is 6.42 Å². The lowest BCUT2D eigenvalue weighted by Gasteiger charge is -2.53. The molecule has 0 radical (unpaired) electrons. The Balaban J connectivity index is 1.27. The van der Waals surface area contributed by atoms with Crippen LogP contribution in [0.2, 0.25) is 5.02 Å². The molecule has 1 aromatic heterocycles. The molecule has 2 fully saturated rings. The molecule has 0 unspecified atom stereocenters. The lowest BCUT2D eigenvalue weighted by atomic mass is 9.82. The second kappa shape index (κ2) is 6.95. The number of halogens is 1. The van der Waals surface area contributed by atoms with E-state index in [-0.39, 0.29) is 29.6 Å². The van der Waals surface area contributed by atoms with E-state index < -0.39 is 0 Å². The highest BCUT2D eigenvalue weighted by molar-refractivity contribution is 6.30. The normalized spacial score (nSPS) is 22.7. The number of amides is 2. The topological polar surface area (TPSA) is 70.6 Å². The van der Waals surface area contributed by atoms with Crippen LogP contribution in [0.4, 0.5) is 0 Å². The number of benzene rings is 1. The molecule has 0 spiro atoms. The van der Waals surface area contributed by atoms with E-state index in [9.17, 15) is 14.4 Å². The number of fused-ring (bicyclic) bond motifs is 2. The first kappa shape index (κ1) is 18.3. The highest BCUT2D eigenvalue weighted by atomic mass is 35.5. The summed E-state index contributed by atoms with van der Waals surface area (Å²) in [7, 11) is 0. The number of carbonyl (C=O) groups excluding carboxylic acids is 3. The minimum Gasteiger partial charge on any atom is -0.338 e. The maximum atomic E-state index is 13.1. The van der Waals surface area contributed by atoms with E-state index in [4.69, 9.17) is 11.6 Å². The van der Waals surface area contributed by atoms with Gasteiger partial charge in [0.25, 0.3) is 11.8 Å². The van der Waals surface area contributed by atoms with Crippen molar-refractivity contribution in [2.75, 3.05) is 19.6 Å². The number of carbonyl (C=O) groups is 3. The summed E-state index contributed by atoms with van der Waals surface area (Å²) in [6.07, 6.45) is 3.37. The summed E-state index contributed by atoms with van der Waals surface area (Å²) in [6.45, 7) is 1.87. The highest BCUT2D eigenvalue weighted by Crippen LogP contribution is 2.35. The van der Waals surface area contributed by atoms with E-state index in [1.807, 2.05) is 21.9 Å². The minimum absolute atomic E-state index is 0.000792. The van der Waals surface area contributed by atoms with Gasteiger partial charge >= 0.3 is 0 Å². The minimum atomic E-state index is -0.0814. The van der Waals surface area contributed by atoms with Gasteiger partial charge in [-0.1, -0.05) is 23.7 Å². The van der Waals surface area contributed by atoms with Crippen LogP contribution in [0, 0.1) is 5.92 Å². The number of hydrogen-bond acceptors (Lipinski definition) is 4. The lowest BCUT2D eigenvalue weighted by molar-refractivity contribution is -0.0229. The van der Waals surface area contributed by atoms with Crippen molar-refractivity contribution < 1.29 is 14.4 Å². The largest absolute Gasteiger partial charge is 0.338 e. The van der Waals surface area contributed by atoms with Crippen molar-refractivity contribution in [1.82, 2.24) is 14.8 Å². The maximum absolute atomic E-state index is 13.1. The molecule has 0 N–H and O–H groups in total. The van der Waals surface area contributed by atoms with Crippen molar-refractivity contribution in [1.29, 1.82) is 0 Å². The molecule has 7 heteroatoms. The zero-order valence-electron chi connectivity index (χ0n) is 15.8. The summed E-state index contributed by atoms with van der Waals surface area (Å²) >= 11 is 5.85. The van der Waals surface area contributed by atoms with Gasteiger partial charge in [0.2, 0.25) is 0 Å². The molecule has 148 valence electrons. The maximum Gasteiger partial charge on any atom is 0.272 e. The average Bonchev–Trinajstić information content (AvgIpc) is 3.10. The molecule has 29 heavy (non-hydrogen) atoms. The van der Waals surface area contributed by atoms with Gasteiger partial charge in [0.15, 0.2) is 5.78 Å². The summed E-state index contributed by atoms with van der Waals surface area (Å²) in [5, 5.41) is 0.504. The molecular formula is C22H20ClN3O3. The van der Waals surface area contributed by atoms with Crippen molar-refractivity contribution in [3.05, 3.63) is 63.9 Å². The molecule has 2 saturated heterocycles. The fourth-order valence-corrected chi connectivity index (χ4v) is 4.90. The van der Waals surface area contributed by atoms with E-state index in [1.165, 1.54) is 6.20 Å². The zero-order chi connectivity index (χ0) is 20.1. The number of Topliss-reactive ketones (excluding diaryl/α,β-unsaturated/α-hetero) is 1. The number of piperidine rings is 1. The molecule has 1 aromatic carbocycles. The second-order valence-electron chi connectivity index (χ2n) is 7.94. The van der Waals surface area contributed by atoms with E-state index >= 15 is 0 Å². The molecular weight excluding hydrogens is 390 g/mol. The van der Waals surface area contributed by atoms with Gasteiger partial charge in [0.1, 0.15) is 5.69 Å². The predicted octanol–water partition coefficient (Wildman–Crippen LogP) is 2.85. The Morgan fingerprint density at radius 2 is 1.93 bits per heavy atom. The Bertz CT molecular complexity index is 1020. The van der Waals surface area contributed by atoms with E-state index in [0.29, 0.717) is 54.3 Å². The number of aromatic nitrogens is 1. The van der Waals surface area contributed by atoms with Gasteiger partial charge in [-0.2, -0.15) is 0 Å². The lowest BCUT2D eigenvalue weighted by Crippen LogP contribution is -2.65. The third-order valence-electron chi connectivity index (χ3n) is 6.33. The summed E-state index contributed by atoms with van der Waals surface area (Å²) < 4.78 is 0. The Kier molecular flexibility index (Phi) is 4.39. The van der Waals surface area contributed by atoms with Crippen molar-refractivity contribution in [2.45, 2.75) is 25.3 Å². The van der Waals surface area contributed by atoms with Crippen LogP contribution in [0.25, 0.3) is 0 Å². The summed E-state index contributed by atoms with van der Waals surface area (Å²) in [4.78, 5) is 45.7. The van der Waals surface area contributed by atoms with Gasteiger partial charge in [0, 0.05) is 55.3 Å². The number of hydrogen-bond donors (Lipinski definition) is 0. The van der Waals surface area contributed by atoms with Gasteiger partial charge in [-0.05, 0) is 36.6 Å². The smallest absolute Gasteiger partial charge is 0.272 e. The number of pyridine rings is 1. The van der Waals surface area contributed by atoms with Crippen LogP contribution in [-0.4, -0.2) is 58.1 Å². The quantitative estimate of drug-likeness (QED) is 0.764. The Hall–Kier alpha value is -2.73. The fraction of sp³-hybridized carbons (Fsp3) is 0.364. The molecule has 6 nitrogen and oxygen atoms in total. The van der Waals surface area contributed by atoms with Crippen LogP contribution in [0.3, 0.4) is 0 Å². The van der Waals surface area contributed by atoms with Crippen LogP contribution in [0.1, 0.15) is 49.6 Å². The van der Waals surface area contributed by atoms with Gasteiger partial charge < -0.3 is 9.80 Å². The van der Waals surface area contributed by atoms with E-state index in [0.717, 1.165) is 12.0 Å². The summed E-state index contributed by atoms with van der Waals surface area (Å²) in [6, 6.07) is 8.90. The standard InChI is InChI=1S/C22H20ClN3O3/c23-14-4-6-18(24-10-14)22(29)26-12-13-11-25(9-8-19(13)26)21(28)17-3-1-2-16-15(17)5-7-20(16)27/h1-4,6,10,13,19H,5,7-9,11-12H2/t13-,19-/m0/s1. The van der Waals surface area contributed by atoms with Crippen molar-refractivity contribution >= 4 is 29.2 Å². The second-order valence-corrected chi connectivity index (χ2v) is 8.38. The third-order valence-corrected chi connectivity index (χ3v) is 6.55. The number of nitrogens with zero attached hydrogens (tertiary/aromatic N) is 3. The molecule has 0 bridgehead atoms. The van der Waals surface area contributed by atoms with Gasteiger partial charge in [0.05, 0.1) is 5.02 Å². The number of rotatable bonds is 2.